The topological polar surface area (TPSA) is 105 Å². The lowest BCUT2D eigenvalue weighted by atomic mass is 9.84. The van der Waals surface area contributed by atoms with Crippen LogP contribution < -0.4 is 5.73 Å². The molecule has 0 saturated carbocycles. The second-order valence-corrected chi connectivity index (χ2v) is 11.9. The summed E-state index contributed by atoms with van der Waals surface area (Å²) in [5.74, 6) is -3.29. The molecule has 3 heterocycles. The van der Waals surface area contributed by atoms with E-state index in [1.54, 1.807) is 6.07 Å². The first kappa shape index (κ1) is 34.5. The van der Waals surface area contributed by atoms with E-state index in [4.69, 9.17) is 5.73 Å². The van der Waals surface area contributed by atoms with E-state index in [0.717, 1.165) is 34.1 Å². The van der Waals surface area contributed by atoms with Crippen molar-refractivity contribution < 1.29 is 44.7 Å². The largest absolute Gasteiger partial charge is 0.417 e. The van der Waals surface area contributed by atoms with E-state index in [1.807, 2.05) is 0 Å². The van der Waals surface area contributed by atoms with Crippen molar-refractivity contribution in [3.05, 3.63) is 118 Å². The van der Waals surface area contributed by atoms with E-state index in [-0.39, 0.29) is 30.0 Å². The molecule has 3 aromatic carbocycles. The maximum atomic E-state index is 14.2. The van der Waals surface area contributed by atoms with E-state index in [1.165, 1.54) is 36.5 Å². The Morgan fingerprint density at radius 2 is 1.66 bits per heavy atom. The van der Waals surface area contributed by atoms with Crippen molar-refractivity contribution in [3.63, 3.8) is 0 Å². The molecule has 2 aliphatic rings. The molecule has 0 bridgehead atoms. The van der Waals surface area contributed by atoms with E-state index in [0.29, 0.717) is 22.9 Å². The number of hydrogen-bond acceptors (Lipinski definition) is 6. The lowest BCUT2D eigenvalue weighted by Crippen LogP contribution is -2.42. The molecular weight excluding hydrogens is 676 g/mol. The minimum absolute atomic E-state index is 0.0444. The van der Waals surface area contributed by atoms with Crippen molar-refractivity contribution >= 4 is 17.8 Å². The minimum atomic E-state index is -4.94. The molecule has 8 nitrogen and oxygen atoms in total. The number of rotatable bonds is 8. The summed E-state index contributed by atoms with van der Waals surface area (Å²) in [5, 5.41) is 0. The number of fused-ring (bicyclic) bond motifs is 1. The van der Waals surface area contributed by atoms with Gasteiger partial charge in [-0.1, -0.05) is 30.3 Å². The van der Waals surface area contributed by atoms with E-state index < -0.39 is 84.2 Å². The molecule has 2 N–H and O–H groups in total. The van der Waals surface area contributed by atoms with E-state index in [9.17, 15) is 44.7 Å². The Morgan fingerprint density at radius 1 is 0.920 bits per heavy atom. The van der Waals surface area contributed by atoms with Gasteiger partial charge in [0, 0.05) is 30.3 Å². The highest BCUT2D eigenvalue weighted by Gasteiger charge is 2.49. The van der Waals surface area contributed by atoms with Crippen LogP contribution in [0, 0.1) is 11.6 Å². The van der Waals surface area contributed by atoms with Crippen LogP contribution in [0.3, 0.4) is 0 Å². The van der Waals surface area contributed by atoms with Gasteiger partial charge in [0.1, 0.15) is 11.6 Å². The fourth-order valence-electron chi connectivity index (χ4n) is 6.08. The van der Waals surface area contributed by atoms with Crippen molar-refractivity contribution in [3.8, 4) is 11.4 Å². The lowest BCUT2D eigenvalue weighted by Gasteiger charge is -2.27. The smallest absolute Gasteiger partial charge is 0.369 e. The molecule has 2 aliphatic heterocycles. The SMILES string of the molecule is NC1=N[C@](CCCC(F)(F)F)(c2ccc(F)cc2)C(=O)N1Cc1ccc(C(F)(F)F)c(C(=O)N2Cc3cnc(-c4cccc(F)c4)nc3C2)c1. The van der Waals surface area contributed by atoms with Gasteiger partial charge in [-0.05, 0) is 60.4 Å². The number of guanidine groups is 1. The fourth-order valence-corrected chi connectivity index (χ4v) is 6.08. The number of hydrogen-bond donors (Lipinski definition) is 1. The van der Waals surface area contributed by atoms with Crippen LogP contribution in [0.4, 0.5) is 35.1 Å². The van der Waals surface area contributed by atoms with Gasteiger partial charge in [-0.25, -0.2) is 23.7 Å². The molecule has 1 atom stereocenters. The second kappa shape index (κ2) is 12.8. The van der Waals surface area contributed by atoms with Crippen molar-refractivity contribution in [1.29, 1.82) is 0 Å². The van der Waals surface area contributed by atoms with E-state index in [2.05, 4.69) is 15.0 Å². The average Bonchev–Trinajstić information content (AvgIpc) is 3.58. The number of benzene rings is 3. The molecule has 0 fully saturated rings. The molecule has 16 heteroatoms. The van der Waals surface area contributed by atoms with Gasteiger partial charge in [-0.15, -0.1) is 0 Å². The van der Waals surface area contributed by atoms with Gasteiger partial charge in [-0.2, -0.15) is 26.3 Å². The first-order valence-corrected chi connectivity index (χ1v) is 15.1. The zero-order chi connectivity index (χ0) is 36.0. The van der Waals surface area contributed by atoms with Crippen LogP contribution in [0.2, 0.25) is 0 Å². The van der Waals surface area contributed by atoms with Crippen LogP contribution in [0.15, 0.2) is 77.9 Å². The molecular formula is C34H26F8N6O2. The maximum absolute atomic E-state index is 14.2. The maximum Gasteiger partial charge on any atom is 0.417 e. The third-order valence-electron chi connectivity index (χ3n) is 8.49. The summed E-state index contributed by atoms with van der Waals surface area (Å²) >= 11 is 0. The highest BCUT2D eigenvalue weighted by atomic mass is 19.4. The Balaban J connectivity index is 1.27. The number of nitrogens with two attached hydrogens (primary N) is 1. The Kier molecular flexibility index (Phi) is 8.82. The number of halogens is 8. The van der Waals surface area contributed by atoms with Crippen LogP contribution in [0.1, 0.15) is 57.6 Å². The average molecular weight is 703 g/mol. The molecule has 6 rings (SSSR count). The van der Waals surface area contributed by atoms with Gasteiger partial charge in [0.15, 0.2) is 17.3 Å². The molecule has 0 saturated heterocycles. The normalized spacial score (nSPS) is 17.7. The minimum Gasteiger partial charge on any atom is -0.369 e. The zero-order valence-corrected chi connectivity index (χ0v) is 25.8. The number of nitrogens with zero attached hydrogens (tertiary/aromatic N) is 5. The molecule has 0 aliphatic carbocycles. The van der Waals surface area contributed by atoms with Crippen LogP contribution >= 0.6 is 0 Å². The highest BCUT2D eigenvalue weighted by Crippen LogP contribution is 2.40. The Bertz CT molecular complexity index is 2000. The lowest BCUT2D eigenvalue weighted by molar-refractivity contribution is -0.139. The number of aliphatic imine (C=N–C) groups is 1. The van der Waals surface area contributed by atoms with Gasteiger partial charge in [0.25, 0.3) is 11.8 Å². The van der Waals surface area contributed by atoms with Crippen LogP contribution in [-0.2, 0) is 36.1 Å². The van der Waals surface area contributed by atoms with Crippen LogP contribution in [-0.4, -0.2) is 43.7 Å². The molecule has 0 radical (unpaired) electrons. The predicted molar refractivity (Wildman–Crippen MR) is 163 cm³/mol. The van der Waals surface area contributed by atoms with Crippen molar-refractivity contribution in [2.45, 2.75) is 56.8 Å². The van der Waals surface area contributed by atoms with Crippen molar-refractivity contribution in [2.24, 2.45) is 10.7 Å². The molecule has 1 aromatic heterocycles. The van der Waals surface area contributed by atoms with Crippen LogP contribution in [0.25, 0.3) is 11.4 Å². The number of alkyl halides is 6. The third kappa shape index (κ3) is 6.87. The number of aromatic nitrogens is 2. The first-order chi connectivity index (χ1) is 23.5. The predicted octanol–water partition coefficient (Wildman–Crippen LogP) is 6.88. The number of carbonyl (C=O) groups is 2. The second-order valence-electron chi connectivity index (χ2n) is 11.9. The fraction of sp³-hybridized carbons (Fsp3) is 0.265. The number of carbonyl (C=O) groups excluding carboxylic acids is 2. The quantitative estimate of drug-likeness (QED) is 0.202. The van der Waals surface area contributed by atoms with Crippen LogP contribution in [0.5, 0.6) is 0 Å². The zero-order valence-electron chi connectivity index (χ0n) is 25.8. The summed E-state index contributed by atoms with van der Waals surface area (Å²) in [6.07, 6.45) is -10.3. The summed E-state index contributed by atoms with van der Waals surface area (Å²) < 4.78 is 109. The summed E-state index contributed by atoms with van der Waals surface area (Å²) in [6, 6.07) is 12.7. The summed E-state index contributed by atoms with van der Waals surface area (Å²) in [5.41, 5.74) is 3.53. The van der Waals surface area contributed by atoms with Gasteiger partial charge < -0.3 is 10.6 Å². The monoisotopic (exact) mass is 702 g/mol. The molecule has 0 spiro atoms. The van der Waals surface area contributed by atoms with Gasteiger partial charge in [-0.3, -0.25) is 14.5 Å². The van der Waals surface area contributed by atoms with Gasteiger partial charge >= 0.3 is 12.4 Å². The van der Waals surface area contributed by atoms with Gasteiger partial charge in [0.2, 0.25) is 0 Å². The standard InChI is InChI=1S/C34H26F8N6O2/c35-23-8-6-22(7-9-23)32(11-2-12-33(37,38)39)30(50)48(31(43)46-32)16-19-5-10-26(34(40,41)42)25(13-19)29(49)47-17-21-15-44-28(45-27(21)18-47)20-3-1-4-24(36)14-20/h1,3-10,13-15H,2,11-12,16-18H2,(H2,43,46)/t32-/m1/s1. The molecule has 2 amide bonds. The van der Waals surface area contributed by atoms with Crippen molar-refractivity contribution in [1.82, 2.24) is 19.8 Å². The molecule has 4 aromatic rings. The Morgan fingerprint density at radius 3 is 2.34 bits per heavy atom. The first-order valence-electron chi connectivity index (χ1n) is 15.1. The van der Waals surface area contributed by atoms with Gasteiger partial charge in [0.05, 0.1) is 29.9 Å². The van der Waals surface area contributed by atoms with E-state index >= 15 is 0 Å². The third-order valence-corrected chi connectivity index (χ3v) is 8.49. The molecule has 260 valence electrons. The number of amides is 2. The Labute approximate surface area is 279 Å². The summed E-state index contributed by atoms with van der Waals surface area (Å²) in [4.78, 5) is 42.4. The summed E-state index contributed by atoms with van der Waals surface area (Å²) in [6.45, 7) is -0.748. The van der Waals surface area contributed by atoms with Crippen molar-refractivity contribution in [2.75, 3.05) is 0 Å². The Hall–Kier alpha value is -5.41. The summed E-state index contributed by atoms with van der Waals surface area (Å²) in [7, 11) is 0. The molecule has 0 unspecified atom stereocenters. The molecule has 50 heavy (non-hydrogen) atoms. The highest BCUT2D eigenvalue weighted by molar-refractivity contribution is 6.07.